The molecule has 0 aliphatic heterocycles. The minimum Gasteiger partial charge on any atom is -0.301 e. The third-order valence-electron chi connectivity index (χ3n) is 5.65. The second kappa shape index (κ2) is 10.0. The Morgan fingerprint density at radius 3 is 2.18 bits per heavy atom. The van der Waals surface area contributed by atoms with Crippen LogP contribution in [-0.2, 0) is 23.1 Å². The van der Waals surface area contributed by atoms with Crippen LogP contribution in [0.3, 0.4) is 0 Å². The van der Waals surface area contributed by atoms with Gasteiger partial charge in [-0.2, -0.15) is 0 Å². The van der Waals surface area contributed by atoms with Crippen LogP contribution in [0.25, 0.3) is 10.1 Å². The molecule has 0 N–H and O–H groups in total. The molecule has 0 unspecified atom stereocenters. The SMILES string of the molecule is Cc1c(N(Cc2ccc(F)cc2)S(=O)(=O)CCN(C)Cc2ccccc2)sc2ccccc12. The Labute approximate surface area is 199 Å². The lowest BCUT2D eigenvalue weighted by molar-refractivity contribution is 0.346. The van der Waals surface area contributed by atoms with Gasteiger partial charge < -0.3 is 4.90 Å². The summed E-state index contributed by atoms with van der Waals surface area (Å²) in [6, 6.07) is 24.0. The van der Waals surface area contributed by atoms with E-state index < -0.39 is 10.0 Å². The number of nitrogens with zero attached hydrogens (tertiary/aromatic N) is 2. The lowest BCUT2D eigenvalue weighted by Crippen LogP contribution is -2.36. The summed E-state index contributed by atoms with van der Waals surface area (Å²) in [7, 11) is -1.70. The highest BCUT2D eigenvalue weighted by Gasteiger charge is 2.27. The van der Waals surface area contributed by atoms with Crippen LogP contribution in [0.1, 0.15) is 16.7 Å². The van der Waals surface area contributed by atoms with Crippen LogP contribution in [0.5, 0.6) is 0 Å². The van der Waals surface area contributed by atoms with E-state index in [0.717, 1.165) is 26.8 Å². The van der Waals surface area contributed by atoms with Crippen molar-refractivity contribution in [1.29, 1.82) is 0 Å². The molecule has 4 aromatic rings. The normalized spacial score (nSPS) is 11.9. The van der Waals surface area contributed by atoms with E-state index in [-0.39, 0.29) is 18.1 Å². The van der Waals surface area contributed by atoms with E-state index in [1.165, 1.54) is 27.8 Å². The molecule has 0 spiro atoms. The van der Waals surface area contributed by atoms with Crippen molar-refractivity contribution < 1.29 is 12.8 Å². The maximum atomic E-state index is 13.6. The number of rotatable bonds is 9. The summed E-state index contributed by atoms with van der Waals surface area (Å²) in [6.07, 6.45) is 0. The Morgan fingerprint density at radius 1 is 0.848 bits per heavy atom. The molecule has 0 saturated carbocycles. The summed E-state index contributed by atoms with van der Waals surface area (Å²) in [5.41, 5.74) is 2.83. The largest absolute Gasteiger partial charge is 0.301 e. The molecule has 4 nitrogen and oxygen atoms in total. The van der Waals surface area contributed by atoms with Crippen LogP contribution in [-0.4, -0.2) is 32.7 Å². The van der Waals surface area contributed by atoms with Crippen LogP contribution in [0.4, 0.5) is 9.39 Å². The van der Waals surface area contributed by atoms with Gasteiger partial charge in [-0.1, -0.05) is 60.7 Å². The molecule has 7 heteroatoms. The van der Waals surface area contributed by atoms with Crippen LogP contribution >= 0.6 is 11.3 Å². The molecular formula is C26H27FN2O2S2. The van der Waals surface area contributed by atoms with Crippen molar-refractivity contribution in [3.05, 3.63) is 101 Å². The van der Waals surface area contributed by atoms with E-state index in [4.69, 9.17) is 0 Å². The average Bonchev–Trinajstić information content (AvgIpc) is 3.14. The van der Waals surface area contributed by atoms with Crippen molar-refractivity contribution in [3.8, 4) is 0 Å². The number of halogens is 1. The van der Waals surface area contributed by atoms with E-state index in [1.54, 1.807) is 12.1 Å². The molecule has 33 heavy (non-hydrogen) atoms. The second-order valence-electron chi connectivity index (χ2n) is 8.20. The zero-order valence-electron chi connectivity index (χ0n) is 18.7. The Kier molecular flexibility index (Phi) is 7.12. The zero-order valence-corrected chi connectivity index (χ0v) is 20.4. The highest BCUT2D eigenvalue weighted by molar-refractivity contribution is 7.93. The van der Waals surface area contributed by atoms with E-state index in [9.17, 15) is 12.8 Å². The molecule has 0 fully saturated rings. The van der Waals surface area contributed by atoms with E-state index in [2.05, 4.69) is 0 Å². The number of thiophene rings is 1. The van der Waals surface area contributed by atoms with E-state index in [0.29, 0.717) is 18.1 Å². The van der Waals surface area contributed by atoms with Crippen molar-refractivity contribution in [3.63, 3.8) is 0 Å². The molecule has 0 radical (unpaired) electrons. The standard InChI is InChI=1S/C26H27FN2O2S2/c1-20-24-10-6-7-11-25(24)32-26(20)29(19-22-12-14-23(27)15-13-22)33(30,31)17-16-28(2)18-21-8-4-3-5-9-21/h3-15H,16-19H2,1-2H3. The third-order valence-corrected chi connectivity index (χ3v) is 8.74. The number of benzene rings is 3. The van der Waals surface area contributed by atoms with Crippen molar-refractivity contribution in [2.24, 2.45) is 0 Å². The average molecular weight is 483 g/mol. The Morgan fingerprint density at radius 2 is 1.48 bits per heavy atom. The molecule has 0 saturated heterocycles. The third kappa shape index (κ3) is 5.61. The lowest BCUT2D eigenvalue weighted by Gasteiger charge is -2.25. The summed E-state index contributed by atoms with van der Waals surface area (Å²) in [5, 5.41) is 1.77. The number of hydrogen-bond acceptors (Lipinski definition) is 4. The van der Waals surface area contributed by atoms with Gasteiger partial charge in [-0.05, 0) is 54.2 Å². The predicted octanol–water partition coefficient (Wildman–Crippen LogP) is 5.82. The first-order valence-corrected chi connectivity index (χ1v) is 13.2. The fourth-order valence-electron chi connectivity index (χ4n) is 3.81. The quantitative estimate of drug-likeness (QED) is 0.302. The number of aryl methyl sites for hydroxylation is 1. The minimum atomic E-state index is -3.63. The molecule has 1 heterocycles. The molecule has 4 rings (SSSR count). The first-order chi connectivity index (χ1) is 15.8. The smallest absolute Gasteiger partial charge is 0.237 e. The van der Waals surface area contributed by atoms with Gasteiger partial charge >= 0.3 is 0 Å². The second-order valence-corrected chi connectivity index (χ2v) is 11.2. The molecular weight excluding hydrogens is 455 g/mol. The van der Waals surface area contributed by atoms with Gasteiger partial charge in [-0.25, -0.2) is 12.8 Å². The van der Waals surface area contributed by atoms with Crippen LogP contribution in [0, 0.1) is 12.7 Å². The van der Waals surface area contributed by atoms with Gasteiger partial charge in [-0.15, -0.1) is 11.3 Å². The summed E-state index contributed by atoms with van der Waals surface area (Å²) in [4.78, 5) is 2.01. The lowest BCUT2D eigenvalue weighted by atomic mass is 10.2. The molecule has 172 valence electrons. The summed E-state index contributed by atoms with van der Waals surface area (Å²) in [6.45, 7) is 3.21. The predicted molar refractivity (Wildman–Crippen MR) is 136 cm³/mol. The highest BCUT2D eigenvalue weighted by atomic mass is 32.2. The van der Waals surface area contributed by atoms with E-state index >= 15 is 0 Å². The molecule has 0 amide bonds. The maximum absolute atomic E-state index is 13.6. The fraction of sp³-hybridized carbons (Fsp3) is 0.231. The number of fused-ring (bicyclic) bond motifs is 1. The van der Waals surface area contributed by atoms with Crippen molar-refractivity contribution in [2.45, 2.75) is 20.0 Å². The van der Waals surface area contributed by atoms with Gasteiger partial charge in [0.2, 0.25) is 10.0 Å². The topological polar surface area (TPSA) is 40.6 Å². The first-order valence-electron chi connectivity index (χ1n) is 10.8. The molecule has 0 bridgehead atoms. The monoisotopic (exact) mass is 482 g/mol. The number of sulfonamides is 1. The fourth-order valence-corrected chi connectivity index (χ4v) is 6.87. The van der Waals surface area contributed by atoms with Crippen molar-refractivity contribution >= 4 is 36.4 Å². The van der Waals surface area contributed by atoms with E-state index in [1.807, 2.05) is 73.5 Å². The minimum absolute atomic E-state index is 0.00872. The summed E-state index contributed by atoms with van der Waals surface area (Å²) in [5.74, 6) is -0.348. The molecule has 3 aromatic carbocycles. The zero-order chi connectivity index (χ0) is 23.4. The summed E-state index contributed by atoms with van der Waals surface area (Å²) < 4.78 is 43.2. The number of anilines is 1. The van der Waals surface area contributed by atoms with Crippen LogP contribution < -0.4 is 4.31 Å². The van der Waals surface area contributed by atoms with Gasteiger partial charge in [-0.3, -0.25) is 4.31 Å². The van der Waals surface area contributed by atoms with Crippen LogP contribution in [0.15, 0.2) is 78.9 Å². The van der Waals surface area contributed by atoms with Crippen LogP contribution in [0.2, 0.25) is 0 Å². The Bertz CT molecular complexity index is 1320. The maximum Gasteiger partial charge on any atom is 0.237 e. The van der Waals surface area contributed by atoms with Gasteiger partial charge in [0.15, 0.2) is 0 Å². The molecule has 0 aliphatic rings. The Hall–Kier alpha value is -2.74. The highest BCUT2D eigenvalue weighted by Crippen LogP contribution is 2.39. The van der Waals surface area contributed by atoms with Crippen molar-refractivity contribution in [1.82, 2.24) is 4.90 Å². The number of hydrogen-bond donors (Lipinski definition) is 0. The molecule has 1 aromatic heterocycles. The molecule has 0 atom stereocenters. The van der Waals surface area contributed by atoms with Gasteiger partial charge in [0.25, 0.3) is 0 Å². The Balaban J connectivity index is 1.61. The summed E-state index contributed by atoms with van der Waals surface area (Å²) >= 11 is 1.48. The molecule has 0 aliphatic carbocycles. The first kappa shape index (κ1) is 23.4. The van der Waals surface area contributed by atoms with Gasteiger partial charge in [0.1, 0.15) is 10.8 Å². The van der Waals surface area contributed by atoms with Gasteiger partial charge in [0.05, 0.1) is 12.3 Å². The van der Waals surface area contributed by atoms with Gasteiger partial charge in [0, 0.05) is 17.8 Å². The van der Waals surface area contributed by atoms with Crippen molar-refractivity contribution in [2.75, 3.05) is 23.7 Å².